The lowest BCUT2D eigenvalue weighted by Gasteiger charge is -2.24. The van der Waals surface area contributed by atoms with E-state index in [1.165, 1.54) is 0 Å². The molecule has 0 heterocycles. The second-order valence-electron chi connectivity index (χ2n) is 5.93. The number of nitrogens with one attached hydrogen (secondary N) is 1. The third-order valence-corrected chi connectivity index (χ3v) is 4.40. The molecular weight excluding hydrogens is 326 g/mol. The number of carbonyl (C=O) groups is 1. The van der Waals surface area contributed by atoms with E-state index in [9.17, 15) is 13.2 Å². The highest BCUT2D eigenvalue weighted by Crippen LogP contribution is 2.22. The molecule has 0 atom stereocenters. The monoisotopic (exact) mass is 347 g/mol. The molecule has 1 rings (SSSR count). The van der Waals surface area contributed by atoms with E-state index < -0.39 is 15.1 Å². The van der Waals surface area contributed by atoms with Crippen molar-refractivity contribution in [2.75, 3.05) is 12.3 Å². The van der Waals surface area contributed by atoms with Crippen LogP contribution in [0.3, 0.4) is 0 Å². The molecular formula is C15H22ClNO4S. The topological polar surface area (TPSA) is 72.5 Å². The fourth-order valence-corrected chi connectivity index (χ4v) is 2.71. The largest absolute Gasteiger partial charge is 0.445 e. The van der Waals surface area contributed by atoms with Crippen molar-refractivity contribution in [2.45, 2.75) is 33.3 Å². The first kappa shape index (κ1) is 18.8. The first-order valence-electron chi connectivity index (χ1n) is 7.05. The molecule has 0 unspecified atom stereocenters. The van der Waals surface area contributed by atoms with Crippen LogP contribution < -0.4 is 5.32 Å². The molecule has 0 aromatic heterocycles. The number of ether oxygens (including phenoxy) is 1. The Morgan fingerprint density at radius 2 is 1.91 bits per heavy atom. The Hall–Kier alpha value is -1.27. The molecule has 0 bridgehead atoms. The average molecular weight is 348 g/mol. The van der Waals surface area contributed by atoms with Crippen molar-refractivity contribution in [3.63, 3.8) is 0 Å². The Morgan fingerprint density at radius 3 is 2.50 bits per heavy atom. The van der Waals surface area contributed by atoms with Crippen molar-refractivity contribution < 1.29 is 17.9 Å². The summed E-state index contributed by atoms with van der Waals surface area (Å²) in [5.74, 6) is -0.0591. The SMILES string of the molecule is CC(C)(CCCS(=O)(=O)Cl)CNC(=O)OCc1ccccc1. The number of alkyl carbamates (subject to hydrolysis) is 1. The quantitative estimate of drug-likeness (QED) is 0.732. The number of amides is 1. The second kappa shape index (κ2) is 8.39. The second-order valence-corrected chi connectivity index (χ2v) is 8.82. The van der Waals surface area contributed by atoms with Crippen LogP contribution in [0.2, 0.25) is 0 Å². The first-order valence-corrected chi connectivity index (χ1v) is 9.53. The van der Waals surface area contributed by atoms with Gasteiger partial charge in [-0.3, -0.25) is 0 Å². The van der Waals surface area contributed by atoms with E-state index in [0.29, 0.717) is 19.4 Å². The molecule has 0 saturated heterocycles. The Balaban J connectivity index is 2.27. The molecule has 0 saturated carbocycles. The van der Waals surface area contributed by atoms with E-state index in [1.807, 2.05) is 44.2 Å². The van der Waals surface area contributed by atoms with Gasteiger partial charge in [0, 0.05) is 17.2 Å². The van der Waals surface area contributed by atoms with E-state index in [4.69, 9.17) is 15.4 Å². The fraction of sp³-hybridized carbons (Fsp3) is 0.533. The Morgan fingerprint density at radius 1 is 1.27 bits per heavy atom. The zero-order valence-corrected chi connectivity index (χ0v) is 14.4. The van der Waals surface area contributed by atoms with Gasteiger partial charge < -0.3 is 10.1 Å². The minimum absolute atomic E-state index is 0.0591. The highest BCUT2D eigenvalue weighted by Gasteiger charge is 2.20. The van der Waals surface area contributed by atoms with E-state index in [0.717, 1.165) is 5.56 Å². The summed E-state index contributed by atoms with van der Waals surface area (Å²) >= 11 is 0. The molecule has 0 fully saturated rings. The van der Waals surface area contributed by atoms with Gasteiger partial charge in [0.05, 0.1) is 5.75 Å². The molecule has 22 heavy (non-hydrogen) atoms. The number of carbonyl (C=O) groups excluding carboxylic acids is 1. The van der Waals surface area contributed by atoms with Crippen LogP contribution in [0.25, 0.3) is 0 Å². The van der Waals surface area contributed by atoms with Gasteiger partial charge in [0.1, 0.15) is 6.61 Å². The summed E-state index contributed by atoms with van der Waals surface area (Å²) < 4.78 is 26.9. The van der Waals surface area contributed by atoms with Gasteiger partial charge in [-0.2, -0.15) is 0 Å². The van der Waals surface area contributed by atoms with Gasteiger partial charge in [-0.15, -0.1) is 0 Å². The summed E-state index contributed by atoms with van der Waals surface area (Å²) in [4.78, 5) is 11.6. The third kappa shape index (κ3) is 8.89. The number of rotatable bonds is 8. The Bertz CT molecular complexity index is 572. The third-order valence-electron chi connectivity index (χ3n) is 3.17. The van der Waals surface area contributed by atoms with E-state index in [-0.39, 0.29) is 17.8 Å². The van der Waals surface area contributed by atoms with Crippen molar-refractivity contribution in [1.82, 2.24) is 5.32 Å². The van der Waals surface area contributed by atoms with E-state index >= 15 is 0 Å². The van der Waals surface area contributed by atoms with Crippen molar-refractivity contribution in [1.29, 1.82) is 0 Å². The van der Waals surface area contributed by atoms with Gasteiger partial charge in [-0.25, -0.2) is 13.2 Å². The normalized spacial score (nSPS) is 12.0. The molecule has 1 aromatic rings. The predicted molar refractivity (Wildman–Crippen MR) is 87.3 cm³/mol. The molecule has 7 heteroatoms. The Labute approximate surface area is 136 Å². The fourth-order valence-electron chi connectivity index (χ4n) is 1.90. The maximum atomic E-state index is 11.6. The standard InChI is InChI=1S/C15H22ClNO4S/c1-15(2,9-6-10-22(16,19)20)12-17-14(18)21-11-13-7-4-3-5-8-13/h3-5,7-8H,6,9-12H2,1-2H3,(H,17,18). The highest BCUT2D eigenvalue weighted by atomic mass is 35.7. The lowest BCUT2D eigenvalue weighted by Crippen LogP contribution is -2.34. The maximum absolute atomic E-state index is 11.6. The summed E-state index contributed by atoms with van der Waals surface area (Å²) in [5, 5.41) is 2.70. The van der Waals surface area contributed by atoms with Crippen LogP contribution in [0, 0.1) is 5.41 Å². The number of halogens is 1. The smallest absolute Gasteiger partial charge is 0.407 e. The van der Waals surface area contributed by atoms with Gasteiger partial charge >= 0.3 is 6.09 Å². The summed E-state index contributed by atoms with van der Waals surface area (Å²) in [6.07, 6.45) is 0.610. The highest BCUT2D eigenvalue weighted by molar-refractivity contribution is 8.13. The lowest BCUT2D eigenvalue weighted by molar-refractivity contribution is 0.134. The van der Waals surface area contributed by atoms with E-state index in [2.05, 4.69) is 5.32 Å². The molecule has 0 aliphatic heterocycles. The van der Waals surface area contributed by atoms with Gasteiger partial charge in [0.2, 0.25) is 9.05 Å². The van der Waals surface area contributed by atoms with Crippen LogP contribution in [-0.2, 0) is 20.4 Å². The summed E-state index contributed by atoms with van der Waals surface area (Å²) in [5.41, 5.74) is 0.692. The average Bonchev–Trinajstić information content (AvgIpc) is 2.42. The van der Waals surface area contributed by atoms with Crippen LogP contribution in [0.1, 0.15) is 32.3 Å². The Kier molecular flexibility index (Phi) is 7.16. The van der Waals surface area contributed by atoms with Crippen LogP contribution in [0.4, 0.5) is 4.79 Å². The molecule has 0 aliphatic carbocycles. The van der Waals surface area contributed by atoms with Crippen molar-refractivity contribution in [2.24, 2.45) is 5.41 Å². The lowest BCUT2D eigenvalue weighted by atomic mass is 9.88. The van der Waals surface area contributed by atoms with Crippen LogP contribution in [-0.4, -0.2) is 26.8 Å². The number of hydrogen-bond donors (Lipinski definition) is 1. The summed E-state index contributed by atoms with van der Waals surface area (Å²) in [6.45, 7) is 4.53. The summed E-state index contributed by atoms with van der Waals surface area (Å²) in [6, 6.07) is 9.41. The van der Waals surface area contributed by atoms with Gasteiger partial charge in [0.25, 0.3) is 0 Å². The molecule has 0 aliphatic rings. The first-order chi connectivity index (χ1) is 10.2. The molecule has 5 nitrogen and oxygen atoms in total. The van der Waals surface area contributed by atoms with Crippen LogP contribution in [0.5, 0.6) is 0 Å². The predicted octanol–water partition coefficient (Wildman–Crippen LogP) is 3.29. The van der Waals surface area contributed by atoms with Crippen molar-refractivity contribution in [3.8, 4) is 0 Å². The zero-order valence-electron chi connectivity index (χ0n) is 12.8. The molecule has 0 radical (unpaired) electrons. The van der Waals surface area contributed by atoms with Crippen LogP contribution in [0.15, 0.2) is 30.3 Å². The molecule has 0 spiro atoms. The molecule has 1 N–H and O–H groups in total. The number of hydrogen-bond acceptors (Lipinski definition) is 4. The maximum Gasteiger partial charge on any atom is 0.407 e. The molecule has 1 aromatic carbocycles. The number of benzene rings is 1. The van der Waals surface area contributed by atoms with Gasteiger partial charge in [0.15, 0.2) is 0 Å². The zero-order chi connectivity index (χ0) is 16.6. The van der Waals surface area contributed by atoms with Gasteiger partial charge in [-0.05, 0) is 23.8 Å². The minimum atomic E-state index is -3.46. The minimum Gasteiger partial charge on any atom is -0.445 e. The van der Waals surface area contributed by atoms with Crippen LogP contribution >= 0.6 is 10.7 Å². The van der Waals surface area contributed by atoms with E-state index in [1.54, 1.807) is 0 Å². The van der Waals surface area contributed by atoms with Crippen molar-refractivity contribution in [3.05, 3.63) is 35.9 Å². The van der Waals surface area contributed by atoms with Gasteiger partial charge in [-0.1, -0.05) is 44.2 Å². The molecule has 1 amide bonds. The summed E-state index contributed by atoms with van der Waals surface area (Å²) in [7, 11) is 1.71. The van der Waals surface area contributed by atoms with Crippen molar-refractivity contribution >= 4 is 25.8 Å². The molecule has 124 valence electrons.